The molecule has 0 bridgehead atoms. The molecule has 0 saturated carbocycles. The second-order valence-electron chi connectivity index (χ2n) is 7.82. The summed E-state index contributed by atoms with van der Waals surface area (Å²) in [7, 11) is 1.57. The minimum Gasteiger partial charge on any atom is -0.383 e. The highest BCUT2D eigenvalue weighted by atomic mass is 32.2. The molecule has 2 atom stereocenters. The maximum Gasteiger partial charge on any atom is 0.263 e. The van der Waals surface area contributed by atoms with Crippen LogP contribution >= 0.6 is 23.1 Å². The second-order valence-corrected chi connectivity index (χ2v) is 9.99. The molecule has 1 fully saturated rings. The van der Waals surface area contributed by atoms with E-state index in [1.165, 1.54) is 35.2 Å². The van der Waals surface area contributed by atoms with Gasteiger partial charge in [-0.15, -0.1) is 11.3 Å². The SMILES string of the molecule is COCCn1c(S[C@@H](C)C(=O)NC[C@H]2CCCO2)nc2scc(-c3ccc(F)cc3)c2c1=O. The molecule has 0 aliphatic carbocycles. The lowest BCUT2D eigenvalue weighted by atomic mass is 10.1. The van der Waals surface area contributed by atoms with E-state index in [4.69, 9.17) is 14.5 Å². The first-order chi connectivity index (χ1) is 16.0. The van der Waals surface area contributed by atoms with Crippen molar-refractivity contribution in [1.82, 2.24) is 14.9 Å². The monoisotopic (exact) mass is 491 g/mol. The molecule has 1 N–H and O–H groups in total. The van der Waals surface area contributed by atoms with E-state index in [-0.39, 0.29) is 23.4 Å². The van der Waals surface area contributed by atoms with Gasteiger partial charge in [0.05, 0.1) is 29.9 Å². The van der Waals surface area contributed by atoms with E-state index in [2.05, 4.69) is 5.32 Å². The first-order valence-corrected chi connectivity index (χ1v) is 12.6. The van der Waals surface area contributed by atoms with E-state index >= 15 is 0 Å². The number of rotatable bonds is 9. The van der Waals surface area contributed by atoms with Crippen LogP contribution in [-0.4, -0.2) is 53.7 Å². The fourth-order valence-corrected chi connectivity index (χ4v) is 5.64. The number of thioether (sulfide) groups is 1. The van der Waals surface area contributed by atoms with Crippen molar-refractivity contribution in [2.75, 3.05) is 26.9 Å². The molecular formula is C23H26FN3O4S2. The van der Waals surface area contributed by atoms with Gasteiger partial charge in [-0.25, -0.2) is 9.37 Å². The van der Waals surface area contributed by atoms with Crippen molar-refractivity contribution in [2.45, 2.75) is 42.8 Å². The Labute approximate surface area is 199 Å². The molecule has 3 aromatic rings. The van der Waals surface area contributed by atoms with E-state index in [9.17, 15) is 14.0 Å². The standard InChI is InChI=1S/C23H26FN3O4S2/c1-14(20(28)25-12-17-4-3-10-31-17)33-23-26-21-19(22(29)27(23)9-11-30-2)18(13-32-21)15-5-7-16(24)8-6-15/h5-8,13-14,17H,3-4,9-12H2,1-2H3,(H,25,28)/t14-,17+/m0/s1. The Hall–Kier alpha value is -2.27. The normalized spacial score (nSPS) is 16.9. The fourth-order valence-electron chi connectivity index (χ4n) is 3.69. The van der Waals surface area contributed by atoms with Crippen molar-refractivity contribution in [2.24, 2.45) is 0 Å². The summed E-state index contributed by atoms with van der Waals surface area (Å²) in [5.41, 5.74) is 1.27. The van der Waals surface area contributed by atoms with Crippen LogP contribution in [0.1, 0.15) is 19.8 Å². The van der Waals surface area contributed by atoms with E-state index in [1.807, 2.05) is 5.38 Å². The Kier molecular flexibility index (Phi) is 7.79. The molecule has 33 heavy (non-hydrogen) atoms. The summed E-state index contributed by atoms with van der Waals surface area (Å²) in [6.07, 6.45) is 2.03. The molecule has 1 saturated heterocycles. The summed E-state index contributed by atoms with van der Waals surface area (Å²) in [5, 5.41) is 5.31. The summed E-state index contributed by atoms with van der Waals surface area (Å²) in [6.45, 7) is 3.66. The average Bonchev–Trinajstić information content (AvgIpc) is 3.48. The number of ether oxygens (including phenoxy) is 2. The Bertz CT molecular complexity index is 1170. The Balaban J connectivity index is 1.62. The molecule has 10 heteroatoms. The molecule has 176 valence electrons. The van der Waals surface area contributed by atoms with Crippen LogP contribution in [0.2, 0.25) is 0 Å². The summed E-state index contributed by atoms with van der Waals surface area (Å²) >= 11 is 2.60. The molecule has 1 aromatic carbocycles. The third kappa shape index (κ3) is 5.46. The lowest BCUT2D eigenvalue weighted by Gasteiger charge is -2.17. The van der Waals surface area contributed by atoms with Gasteiger partial charge in [-0.2, -0.15) is 0 Å². The number of nitrogens with zero attached hydrogens (tertiary/aromatic N) is 2. The van der Waals surface area contributed by atoms with Crippen LogP contribution in [-0.2, 0) is 20.8 Å². The van der Waals surface area contributed by atoms with Gasteiger partial charge in [0.2, 0.25) is 5.91 Å². The smallest absolute Gasteiger partial charge is 0.263 e. The van der Waals surface area contributed by atoms with Gasteiger partial charge in [0, 0.05) is 31.2 Å². The van der Waals surface area contributed by atoms with E-state index < -0.39 is 5.25 Å². The van der Waals surface area contributed by atoms with E-state index in [0.29, 0.717) is 35.1 Å². The summed E-state index contributed by atoms with van der Waals surface area (Å²) in [6, 6.07) is 6.05. The number of hydrogen-bond donors (Lipinski definition) is 1. The molecule has 0 radical (unpaired) electrons. The van der Waals surface area contributed by atoms with Crippen LogP contribution in [0.5, 0.6) is 0 Å². The van der Waals surface area contributed by atoms with Crippen LogP contribution in [0.15, 0.2) is 39.6 Å². The van der Waals surface area contributed by atoms with Gasteiger partial charge in [0.15, 0.2) is 5.16 Å². The lowest BCUT2D eigenvalue weighted by molar-refractivity contribution is -0.120. The molecule has 7 nitrogen and oxygen atoms in total. The molecule has 4 rings (SSSR count). The average molecular weight is 492 g/mol. The molecule has 1 aliphatic heterocycles. The van der Waals surface area contributed by atoms with Crippen LogP contribution in [0.4, 0.5) is 4.39 Å². The van der Waals surface area contributed by atoms with Gasteiger partial charge >= 0.3 is 0 Å². The van der Waals surface area contributed by atoms with E-state index in [0.717, 1.165) is 30.6 Å². The first-order valence-electron chi connectivity index (χ1n) is 10.8. The zero-order chi connectivity index (χ0) is 23.4. The second kappa shape index (κ2) is 10.8. The number of hydrogen-bond acceptors (Lipinski definition) is 7. The molecular weight excluding hydrogens is 465 g/mol. The maximum absolute atomic E-state index is 13.5. The zero-order valence-corrected chi connectivity index (χ0v) is 20.1. The van der Waals surface area contributed by atoms with Crippen LogP contribution in [0.3, 0.4) is 0 Å². The predicted octanol–water partition coefficient (Wildman–Crippen LogP) is 3.69. The minimum absolute atomic E-state index is 0.0662. The number of halogens is 1. The number of fused-ring (bicyclic) bond motifs is 1. The van der Waals surface area contributed by atoms with Gasteiger partial charge in [-0.05, 0) is 37.5 Å². The number of carbonyl (C=O) groups excluding carboxylic acids is 1. The van der Waals surface area contributed by atoms with Crippen molar-refractivity contribution in [1.29, 1.82) is 0 Å². The topological polar surface area (TPSA) is 82.4 Å². The molecule has 0 unspecified atom stereocenters. The molecule has 0 spiro atoms. The number of thiophene rings is 1. The van der Waals surface area contributed by atoms with E-state index in [1.54, 1.807) is 30.7 Å². The number of aromatic nitrogens is 2. The van der Waals surface area contributed by atoms with Crippen molar-refractivity contribution in [3.8, 4) is 11.1 Å². The summed E-state index contributed by atoms with van der Waals surface area (Å²) in [4.78, 5) is 31.4. The summed E-state index contributed by atoms with van der Waals surface area (Å²) in [5.74, 6) is -0.458. The van der Waals surface area contributed by atoms with Crippen LogP contribution in [0.25, 0.3) is 21.3 Å². The first kappa shape index (κ1) is 23.9. The molecule has 2 aromatic heterocycles. The third-order valence-corrected chi connectivity index (χ3v) is 7.47. The highest BCUT2D eigenvalue weighted by Crippen LogP contribution is 2.33. The predicted molar refractivity (Wildman–Crippen MR) is 128 cm³/mol. The number of amides is 1. The highest BCUT2D eigenvalue weighted by Gasteiger charge is 2.23. The molecule has 1 aliphatic rings. The number of methoxy groups -OCH3 is 1. The highest BCUT2D eigenvalue weighted by molar-refractivity contribution is 8.00. The van der Waals surface area contributed by atoms with Gasteiger partial charge in [-0.1, -0.05) is 23.9 Å². The van der Waals surface area contributed by atoms with Gasteiger partial charge in [-0.3, -0.25) is 14.2 Å². The molecule has 3 heterocycles. The Morgan fingerprint density at radius 1 is 1.42 bits per heavy atom. The lowest BCUT2D eigenvalue weighted by Crippen LogP contribution is -2.37. The van der Waals surface area contributed by atoms with Crippen molar-refractivity contribution in [3.63, 3.8) is 0 Å². The van der Waals surface area contributed by atoms with Crippen molar-refractivity contribution in [3.05, 3.63) is 45.8 Å². The third-order valence-electron chi connectivity index (χ3n) is 5.51. The van der Waals surface area contributed by atoms with Crippen LogP contribution in [0, 0.1) is 5.82 Å². The zero-order valence-electron chi connectivity index (χ0n) is 18.5. The number of benzene rings is 1. The van der Waals surface area contributed by atoms with Crippen LogP contribution < -0.4 is 10.9 Å². The maximum atomic E-state index is 13.5. The Morgan fingerprint density at radius 2 is 2.21 bits per heavy atom. The molecule has 1 amide bonds. The largest absolute Gasteiger partial charge is 0.383 e. The quantitative estimate of drug-likeness (QED) is 0.363. The van der Waals surface area contributed by atoms with Crippen molar-refractivity contribution >= 4 is 39.2 Å². The Morgan fingerprint density at radius 3 is 2.91 bits per heavy atom. The van der Waals surface area contributed by atoms with Gasteiger partial charge in [0.25, 0.3) is 5.56 Å². The van der Waals surface area contributed by atoms with Gasteiger partial charge in [0.1, 0.15) is 10.6 Å². The minimum atomic E-state index is -0.443. The fraction of sp³-hybridized carbons (Fsp3) is 0.435. The number of nitrogens with one attached hydrogen (secondary N) is 1. The number of carbonyl (C=O) groups is 1. The van der Waals surface area contributed by atoms with Crippen molar-refractivity contribution < 1.29 is 18.7 Å². The van der Waals surface area contributed by atoms with Gasteiger partial charge < -0.3 is 14.8 Å². The summed E-state index contributed by atoms with van der Waals surface area (Å²) < 4.78 is 25.7.